The van der Waals surface area contributed by atoms with Crippen molar-refractivity contribution in [3.05, 3.63) is 48.0 Å². The van der Waals surface area contributed by atoms with Crippen LogP contribution in [0.1, 0.15) is 5.56 Å². The van der Waals surface area contributed by atoms with Crippen molar-refractivity contribution in [1.29, 1.82) is 0 Å². The number of hydrogen-bond donors (Lipinski definition) is 2. The van der Waals surface area contributed by atoms with Gasteiger partial charge in [0.15, 0.2) is 0 Å². The predicted octanol–water partition coefficient (Wildman–Crippen LogP) is 0.811. The van der Waals surface area contributed by atoms with E-state index in [1.165, 1.54) is 12.1 Å². The van der Waals surface area contributed by atoms with Crippen LogP contribution in [-0.4, -0.2) is 63.9 Å². The lowest BCUT2D eigenvalue weighted by Gasteiger charge is -2.34. The van der Waals surface area contributed by atoms with E-state index in [1.54, 1.807) is 23.0 Å². The van der Waals surface area contributed by atoms with Crippen LogP contribution in [0, 0.1) is 11.7 Å². The van der Waals surface area contributed by atoms with E-state index in [0.29, 0.717) is 19.7 Å². The Morgan fingerprint density at radius 1 is 1.29 bits per heavy atom. The third kappa shape index (κ3) is 3.99. The maximum absolute atomic E-state index is 13.0. The van der Waals surface area contributed by atoms with Crippen molar-refractivity contribution in [2.45, 2.75) is 18.8 Å². The van der Waals surface area contributed by atoms with Crippen molar-refractivity contribution in [2.24, 2.45) is 5.92 Å². The van der Waals surface area contributed by atoms with Gasteiger partial charge in [-0.3, -0.25) is 0 Å². The van der Waals surface area contributed by atoms with E-state index in [1.807, 2.05) is 13.2 Å². The van der Waals surface area contributed by atoms with Gasteiger partial charge in [-0.15, -0.1) is 0 Å². The van der Waals surface area contributed by atoms with E-state index in [0.717, 1.165) is 11.3 Å². The van der Waals surface area contributed by atoms with Gasteiger partial charge >= 0.3 is 0 Å². The molecule has 0 aliphatic carbocycles. The molecule has 1 fully saturated rings. The Kier molecular flexibility index (Phi) is 5.25. The number of ether oxygens (including phenoxy) is 1. The van der Waals surface area contributed by atoms with E-state index < -0.39 is 12.2 Å². The number of halogens is 1. The van der Waals surface area contributed by atoms with Gasteiger partial charge in [-0.05, 0) is 31.3 Å². The van der Waals surface area contributed by atoms with Crippen molar-refractivity contribution in [3.8, 4) is 5.69 Å². The topological polar surface area (TPSA) is 70.8 Å². The first-order valence-electron chi connectivity index (χ1n) is 7.95. The average molecular weight is 335 g/mol. The van der Waals surface area contributed by atoms with E-state index in [4.69, 9.17) is 4.74 Å². The van der Waals surface area contributed by atoms with Gasteiger partial charge in [0.1, 0.15) is 11.9 Å². The molecule has 0 radical (unpaired) electrons. The van der Waals surface area contributed by atoms with Crippen LogP contribution in [-0.2, 0) is 11.3 Å². The summed E-state index contributed by atoms with van der Waals surface area (Å²) >= 11 is 0. The first kappa shape index (κ1) is 17.0. The molecule has 1 aliphatic heterocycles. The van der Waals surface area contributed by atoms with E-state index in [2.05, 4.69) is 10.00 Å². The number of rotatable bonds is 5. The van der Waals surface area contributed by atoms with Crippen LogP contribution in [0.15, 0.2) is 36.7 Å². The fraction of sp³-hybridized carbons (Fsp3) is 0.471. The van der Waals surface area contributed by atoms with Gasteiger partial charge in [-0.1, -0.05) is 0 Å². The van der Waals surface area contributed by atoms with E-state index in [9.17, 15) is 14.6 Å². The zero-order valence-electron chi connectivity index (χ0n) is 13.5. The first-order chi connectivity index (χ1) is 11.5. The van der Waals surface area contributed by atoms with Crippen molar-refractivity contribution < 1.29 is 19.3 Å². The standard InChI is InChI=1S/C17H22FN3O3/c1-20(9-13-10-24-11-16(22)17(13)23)7-12-6-19-21(8-12)15-4-2-14(18)3-5-15/h2-6,8,13,16-17,22-23H,7,9-11H2,1H3/t13-,16-,17+/m1/s1. The predicted molar refractivity (Wildman–Crippen MR) is 86.2 cm³/mol. The average Bonchev–Trinajstić information content (AvgIpc) is 3.01. The zero-order chi connectivity index (χ0) is 17.1. The molecule has 2 heterocycles. The molecule has 1 aromatic carbocycles. The summed E-state index contributed by atoms with van der Waals surface area (Å²) in [5, 5.41) is 24.0. The van der Waals surface area contributed by atoms with Crippen LogP contribution in [0.3, 0.4) is 0 Å². The summed E-state index contributed by atoms with van der Waals surface area (Å²) in [4.78, 5) is 2.06. The lowest BCUT2D eigenvalue weighted by molar-refractivity contribution is -0.125. The normalized spacial score (nSPS) is 24.5. The van der Waals surface area contributed by atoms with Gasteiger partial charge in [-0.2, -0.15) is 5.10 Å². The van der Waals surface area contributed by atoms with Crippen LogP contribution in [0.25, 0.3) is 5.69 Å². The highest BCUT2D eigenvalue weighted by Gasteiger charge is 2.31. The Bertz CT molecular complexity index is 661. The van der Waals surface area contributed by atoms with Crippen LogP contribution in [0.5, 0.6) is 0 Å². The first-order valence-corrected chi connectivity index (χ1v) is 7.95. The molecule has 0 spiro atoms. The number of aliphatic hydroxyl groups excluding tert-OH is 2. The number of benzene rings is 1. The molecule has 6 nitrogen and oxygen atoms in total. The summed E-state index contributed by atoms with van der Waals surface area (Å²) in [7, 11) is 1.95. The Labute approximate surface area is 140 Å². The van der Waals surface area contributed by atoms with Gasteiger partial charge in [0.05, 0.1) is 31.2 Å². The molecule has 1 aliphatic rings. The van der Waals surface area contributed by atoms with Crippen molar-refractivity contribution in [3.63, 3.8) is 0 Å². The summed E-state index contributed by atoms with van der Waals surface area (Å²) in [6.07, 6.45) is 2.08. The molecule has 130 valence electrons. The van der Waals surface area contributed by atoms with Crippen molar-refractivity contribution in [1.82, 2.24) is 14.7 Å². The second-order valence-electron chi connectivity index (χ2n) is 6.32. The minimum absolute atomic E-state index is 0.120. The number of aliphatic hydroxyl groups is 2. The van der Waals surface area contributed by atoms with Crippen molar-refractivity contribution in [2.75, 3.05) is 26.8 Å². The number of hydrogen-bond acceptors (Lipinski definition) is 5. The third-order valence-electron chi connectivity index (χ3n) is 4.22. The van der Waals surface area contributed by atoms with Crippen molar-refractivity contribution >= 4 is 0 Å². The minimum atomic E-state index is -0.821. The molecule has 24 heavy (non-hydrogen) atoms. The summed E-state index contributed by atoms with van der Waals surface area (Å²) in [6, 6.07) is 6.15. The lowest BCUT2D eigenvalue weighted by atomic mass is 9.96. The second-order valence-corrected chi connectivity index (χ2v) is 6.32. The zero-order valence-corrected chi connectivity index (χ0v) is 13.5. The Balaban J connectivity index is 1.59. The van der Waals surface area contributed by atoms with E-state index >= 15 is 0 Å². The van der Waals surface area contributed by atoms with Gasteiger partial charge < -0.3 is 19.8 Å². The molecule has 0 saturated carbocycles. The monoisotopic (exact) mass is 335 g/mol. The Morgan fingerprint density at radius 2 is 2.04 bits per heavy atom. The summed E-state index contributed by atoms with van der Waals surface area (Å²) in [6.45, 7) is 1.89. The minimum Gasteiger partial charge on any atom is -0.390 e. The SMILES string of the molecule is CN(Cc1cnn(-c2ccc(F)cc2)c1)C[C@@H]1COC[C@@H](O)[C@H]1O. The van der Waals surface area contributed by atoms with E-state index in [-0.39, 0.29) is 18.3 Å². The molecule has 0 unspecified atom stereocenters. The number of nitrogens with zero attached hydrogens (tertiary/aromatic N) is 3. The number of aromatic nitrogens is 2. The van der Waals surface area contributed by atoms with Crippen LogP contribution in [0.2, 0.25) is 0 Å². The third-order valence-corrected chi connectivity index (χ3v) is 4.22. The van der Waals surface area contributed by atoms with Gasteiger partial charge in [0.2, 0.25) is 0 Å². The molecule has 2 aromatic rings. The Hall–Kier alpha value is -1.80. The maximum Gasteiger partial charge on any atom is 0.123 e. The molecule has 3 atom stereocenters. The molecular weight excluding hydrogens is 313 g/mol. The maximum atomic E-state index is 13.0. The molecule has 0 amide bonds. The highest BCUT2D eigenvalue weighted by atomic mass is 19.1. The summed E-state index contributed by atoms with van der Waals surface area (Å²) in [5.41, 5.74) is 1.80. The lowest BCUT2D eigenvalue weighted by Crippen LogP contribution is -2.47. The van der Waals surface area contributed by atoms with Crippen LogP contribution < -0.4 is 0 Å². The molecule has 1 saturated heterocycles. The molecule has 2 N–H and O–H groups in total. The van der Waals surface area contributed by atoms with Gasteiger partial charge in [0, 0.05) is 30.8 Å². The summed E-state index contributed by atoms with van der Waals surface area (Å²) < 4.78 is 20.0. The highest BCUT2D eigenvalue weighted by Crippen LogP contribution is 2.17. The van der Waals surface area contributed by atoms with Gasteiger partial charge in [0.25, 0.3) is 0 Å². The largest absolute Gasteiger partial charge is 0.390 e. The molecular formula is C17H22FN3O3. The van der Waals surface area contributed by atoms with Crippen LogP contribution >= 0.6 is 0 Å². The molecule has 7 heteroatoms. The molecule has 0 bridgehead atoms. The quantitative estimate of drug-likeness (QED) is 0.846. The second kappa shape index (κ2) is 7.40. The summed E-state index contributed by atoms with van der Waals surface area (Å²) in [5.74, 6) is -0.396. The van der Waals surface area contributed by atoms with Crippen LogP contribution in [0.4, 0.5) is 4.39 Å². The molecule has 1 aromatic heterocycles. The fourth-order valence-corrected chi connectivity index (χ4v) is 2.97. The Morgan fingerprint density at radius 3 is 2.79 bits per heavy atom. The van der Waals surface area contributed by atoms with Gasteiger partial charge in [-0.25, -0.2) is 9.07 Å². The highest BCUT2D eigenvalue weighted by molar-refractivity contribution is 5.31. The smallest absolute Gasteiger partial charge is 0.123 e. The fourth-order valence-electron chi connectivity index (χ4n) is 2.97. The molecule has 3 rings (SSSR count).